The molecule has 0 saturated carbocycles. The molecule has 3 rings (SSSR count). The smallest absolute Gasteiger partial charge is 0.232 e. The Hall–Kier alpha value is -1.98. The van der Waals surface area contributed by atoms with Crippen LogP contribution in [0.1, 0.15) is 19.4 Å². The molecule has 2 aromatic heterocycles. The van der Waals surface area contributed by atoms with Crippen molar-refractivity contribution in [2.75, 3.05) is 5.32 Å². The van der Waals surface area contributed by atoms with E-state index in [2.05, 4.69) is 10.3 Å². The van der Waals surface area contributed by atoms with Crippen LogP contribution >= 0.6 is 22.7 Å². The van der Waals surface area contributed by atoms with E-state index >= 15 is 0 Å². The van der Waals surface area contributed by atoms with Gasteiger partial charge in [0.25, 0.3) is 0 Å². The van der Waals surface area contributed by atoms with E-state index < -0.39 is 5.41 Å². The van der Waals surface area contributed by atoms with Gasteiger partial charge in [0.1, 0.15) is 0 Å². The maximum absolute atomic E-state index is 12.6. The molecular weight excluding hydrogens is 324 g/mol. The Morgan fingerprint density at radius 2 is 1.91 bits per heavy atom. The number of aromatic nitrogens is 1. The zero-order chi connectivity index (χ0) is 16.3. The summed E-state index contributed by atoms with van der Waals surface area (Å²) in [5.74, 6) is -0.00608. The zero-order valence-electron chi connectivity index (χ0n) is 13.1. The van der Waals surface area contributed by atoms with E-state index in [1.807, 2.05) is 67.1 Å². The van der Waals surface area contributed by atoms with Gasteiger partial charge in [0.2, 0.25) is 5.91 Å². The number of nitrogens with one attached hydrogen (secondary N) is 1. The number of rotatable bonds is 5. The Balaban J connectivity index is 1.68. The maximum Gasteiger partial charge on any atom is 0.232 e. The summed E-state index contributed by atoms with van der Waals surface area (Å²) in [7, 11) is 0. The van der Waals surface area contributed by atoms with E-state index in [1.54, 1.807) is 11.3 Å². The van der Waals surface area contributed by atoms with Crippen LogP contribution in [0.5, 0.6) is 0 Å². The van der Waals surface area contributed by atoms with Crippen LogP contribution in [0.15, 0.2) is 53.2 Å². The lowest BCUT2D eigenvalue weighted by atomic mass is 9.85. The van der Waals surface area contributed by atoms with Crippen molar-refractivity contribution in [2.24, 2.45) is 5.41 Å². The summed E-state index contributed by atoms with van der Waals surface area (Å²) in [5.41, 5.74) is 1.59. The van der Waals surface area contributed by atoms with Gasteiger partial charge < -0.3 is 5.32 Å². The first kappa shape index (κ1) is 15.9. The SMILES string of the molecule is CC(C)(Cc1ccccc1)C(=O)Nc1nc(-c2cccs2)cs1. The van der Waals surface area contributed by atoms with Gasteiger partial charge in [0.05, 0.1) is 10.6 Å². The minimum absolute atomic E-state index is 0.00608. The highest BCUT2D eigenvalue weighted by molar-refractivity contribution is 7.16. The molecule has 0 aliphatic heterocycles. The Kier molecular flexibility index (Phi) is 4.59. The summed E-state index contributed by atoms with van der Waals surface area (Å²) in [6, 6.07) is 14.1. The van der Waals surface area contributed by atoms with Crippen LogP contribution in [-0.2, 0) is 11.2 Å². The number of carbonyl (C=O) groups is 1. The summed E-state index contributed by atoms with van der Waals surface area (Å²) < 4.78 is 0. The second-order valence-corrected chi connectivity index (χ2v) is 7.82. The summed E-state index contributed by atoms with van der Waals surface area (Å²) >= 11 is 3.11. The fraction of sp³-hybridized carbons (Fsp3) is 0.222. The van der Waals surface area contributed by atoms with Crippen molar-refractivity contribution >= 4 is 33.7 Å². The number of hydrogen-bond donors (Lipinski definition) is 1. The average molecular weight is 342 g/mol. The van der Waals surface area contributed by atoms with Crippen LogP contribution in [0.3, 0.4) is 0 Å². The standard InChI is InChI=1S/C18H18N2OS2/c1-18(2,11-13-7-4-3-5-8-13)16(21)20-17-19-14(12-23-17)15-9-6-10-22-15/h3-10,12H,11H2,1-2H3,(H,19,20,21). The van der Waals surface area contributed by atoms with Gasteiger partial charge in [-0.2, -0.15) is 0 Å². The molecule has 3 nitrogen and oxygen atoms in total. The molecule has 0 unspecified atom stereocenters. The topological polar surface area (TPSA) is 42.0 Å². The fourth-order valence-electron chi connectivity index (χ4n) is 2.32. The first-order chi connectivity index (χ1) is 11.0. The van der Waals surface area contributed by atoms with Gasteiger partial charge in [0.15, 0.2) is 5.13 Å². The van der Waals surface area contributed by atoms with Gasteiger partial charge in [-0.15, -0.1) is 22.7 Å². The van der Waals surface area contributed by atoms with Gasteiger partial charge in [-0.1, -0.05) is 50.2 Å². The Bertz CT molecular complexity index is 776. The Morgan fingerprint density at radius 3 is 2.61 bits per heavy atom. The molecule has 1 aromatic carbocycles. The quantitative estimate of drug-likeness (QED) is 0.702. The molecule has 0 spiro atoms. The van der Waals surface area contributed by atoms with E-state index in [4.69, 9.17) is 0 Å². The predicted molar refractivity (Wildman–Crippen MR) is 98.0 cm³/mol. The Labute approximate surface area is 144 Å². The fourth-order valence-corrected chi connectivity index (χ4v) is 3.79. The molecule has 118 valence electrons. The van der Waals surface area contributed by atoms with E-state index in [0.717, 1.165) is 16.1 Å². The molecule has 0 fully saturated rings. The first-order valence-electron chi connectivity index (χ1n) is 7.39. The maximum atomic E-state index is 12.6. The molecule has 1 amide bonds. The van der Waals surface area contributed by atoms with E-state index in [0.29, 0.717) is 11.6 Å². The third-order valence-electron chi connectivity index (χ3n) is 3.60. The third-order valence-corrected chi connectivity index (χ3v) is 5.25. The second kappa shape index (κ2) is 6.64. The molecule has 0 saturated heterocycles. The lowest BCUT2D eigenvalue weighted by Crippen LogP contribution is -2.32. The third kappa shape index (κ3) is 3.86. The number of anilines is 1. The van der Waals surface area contributed by atoms with E-state index in [9.17, 15) is 4.79 Å². The summed E-state index contributed by atoms with van der Waals surface area (Å²) in [5, 5.41) is 7.61. The van der Waals surface area contributed by atoms with E-state index in [1.165, 1.54) is 11.3 Å². The number of benzene rings is 1. The first-order valence-corrected chi connectivity index (χ1v) is 9.15. The molecule has 0 aliphatic carbocycles. The van der Waals surface area contributed by atoms with Crippen molar-refractivity contribution in [1.29, 1.82) is 0 Å². The molecule has 0 aliphatic rings. The van der Waals surface area contributed by atoms with Crippen molar-refractivity contribution in [3.8, 4) is 10.6 Å². The van der Waals surface area contributed by atoms with Gasteiger partial charge in [-0.25, -0.2) is 4.98 Å². The van der Waals surface area contributed by atoms with Crippen molar-refractivity contribution in [2.45, 2.75) is 20.3 Å². The van der Waals surface area contributed by atoms with Crippen LogP contribution in [0.4, 0.5) is 5.13 Å². The molecule has 2 heterocycles. The predicted octanol–water partition coefficient (Wildman–Crippen LogP) is 5.08. The minimum atomic E-state index is -0.490. The molecule has 0 radical (unpaired) electrons. The number of nitrogens with zero attached hydrogens (tertiary/aromatic N) is 1. The van der Waals surface area contributed by atoms with Crippen molar-refractivity contribution in [1.82, 2.24) is 4.98 Å². The minimum Gasteiger partial charge on any atom is -0.301 e. The molecule has 23 heavy (non-hydrogen) atoms. The molecule has 5 heteroatoms. The highest BCUT2D eigenvalue weighted by Crippen LogP contribution is 2.30. The van der Waals surface area contributed by atoms with Gasteiger partial charge >= 0.3 is 0 Å². The van der Waals surface area contributed by atoms with Crippen molar-refractivity contribution < 1.29 is 4.79 Å². The number of amides is 1. The van der Waals surface area contributed by atoms with Crippen LogP contribution in [0.25, 0.3) is 10.6 Å². The van der Waals surface area contributed by atoms with Crippen LogP contribution in [-0.4, -0.2) is 10.9 Å². The lowest BCUT2D eigenvalue weighted by molar-refractivity contribution is -0.123. The van der Waals surface area contributed by atoms with Gasteiger partial charge in [-0.05, 0) is 23.4 Å². The summed E-state index contributed by atoms with van der Waals surface area (Å²) in [6.45, 7) is 3.92. The van der Waals surface area contributed by atoms with Gasteiger partial charge in [-0.3, -0.25) is 4.79 Å². The number of thiazole rings is 1. The number of carbonyl (C=O) groups excluding carboxylic acids is 1. The van der Waals surface area contributed by atoms with Crippen molar-refractivity contribution in [3.05, 3.63) is 58.8 Å². The molecule has 3 aromatic rings. The largest absolute Gasteiger partial charge is 0.301 e. The monoisotopic (exact) mass is 342 g/mol. The highest BCUT2D eigenvalue weighted by Gasteiger charge is 2.28. The summed E-state index contributed by atoms with van der Waals surface area (Å²) in [6.07, 6.45) is 0.697. The van der Waals surface area contributed by atoms with Crippen molar-refractivity contribution in [3.63, 3.8) is 0 Å². The van der Waals surface area contributed by atoms with E-state index in [-0.39, 0.29) is 5.91 Å². The van der Waals surface area contributed by atoms with Gasteiger partial charge in [0, 0.05) is 10.8 Å². The van der Waals surface area contributed by atoms with Crippen LogP contribution in [0, 0.1) is 5.41 Å². The average Bonchev–Trinajstić information content (AvgIpc) is 3.18. The normalized spacial score (nSPS) is 11.4. The Morgan fingerprint density at radius 1 is 1.13 bits per heavy atom. The molecule has 1 N–H and O–H groups in total. The summed E-state index contributed by atoms with van der Waals surface area (Å²) in [4.78, 5) is 18.2. The zero-order valence-corrected chi connectivity index (χ0v) is 14.7. The van der Waals surface area contributed by atoms with Crippen LogP contribution < -0.4 is 5.32 Å². The number of thiophene rings is 1. The molecule has 0 atom stereocenters. The lowest BCUT2D eigenvalue weighted by Gasteiger charge is -2.22. The number of hydrogen-bond acceptors (Lipinski definition) is 4. The van der Waals surface area contributed by atoms with Crippen LogP contribution in [0.2, 0.25) is 0 Å². The molecular formula is C18H18N2OS2. The second-order valence-electron chi connectivity index (χ2n) is 6.02. The highest BCUT2D eigenvalue weighted by atomic mass is 32.1. The molecule has 0 bridgehead atoms.